The van der Waals surface area contributed by atoms with Crippen molar-refractivity contribution in [3.8, 4) is 11.5 Å². The first-order valence-electron chi connectivity index (χ1n) is 13.7. The fourth-order valence-corrected chi connectivity index (χ4v) is 52.5. The van der Waals surface area contributed by atoms with Gasteiger partial charge in [0.25, 0.3) is 0 Å². The van der Waals surface area contributed by atoms with Crippen LogP contribution in [0.3, 0.4) is 0 Å². The molecule has 0 aromatic carbocycles. The summed E-state index contributed by atoms with van der Waals surface area (Å²) < 4.78 is 4.07. The standard InChI is InChI=1S/C26H45BSi2.2CH3.Sn/c1-10-15-17-18-20-28(6,7)21-23(12-3)24-22-29(8,9)25(19-16-11-2)26(24)27(13-4)14-5;;;/h10-17,19H2,1-9H3;2*1H3;. The molecule has 0 aliphatic carbocycles. The summed E-state index contributed by atoms with van der Waals surface area (Å²) in [6, 6.07) is 0. The first-order valence-corrected chi connectivity index (χ1v) is 28.3. The van der Waals surface area contributed by atoms with Gasteiger partial charge in [-0.15, -0.1) is 0 Å². The molecule has 4 heteroatoms. The molecule has 2 aliphatic rings. The molecular weight excluding hydrogens is 522 g/mol. The van der Waals surface area contributed by atoms with Crippen LogP contribution in [0.4, 0.5) is 0 Å². The van der Waals surface area contributed by atoms with Crippen LogP contribution in [0.5, 0.6) is 0 Å². The molecule has 0 saturated heterocycles. The summed E-state index contributed by atoms with van der Waals surface area (Å²) >= 11 is -2.63. The quantitative estimate of drug-likeness (QED) is 0.139. The first kappa shape index (κ1) is 28.3. The number of hydrogen-bond donors (Lipinski definition) is 0. The third kappa shape index (κ3) is 5.03. The van der Waals surface area contributed by atoms with Gasteiger partial charge in [0.15, 0.2) is 0 Å². The summed E-state index contributed by atoms with van der Waals surface area (Å²) in [5.74, 6) is 3.66. The molecular formula is C28H51BSi2Sn. The molecule has 0 nitrogen and oxygen atoms in total. The molecule has 2 heterocycles. The molecule has 178 valence electrons. The average molecular weight is 573 g/mol. The Morgan fingerprint density at radius 1 is 0.938 bits per heavy atom. The summed E-state index contributed by atoms with van der Waals surface area (Å²) in [5.41, 5.74) is 9.49. The molecule has 0 bridgehead atoms. The van der Waals surface area contributed by atoms with Gasteiger partial charge in [-0.05, 0) is 0 Å². The van der Waals surface area contributed by atoms with E-state index in [4.69, 9.17) is 0 Å². The Morgan fingerprint density at radius 3 is 2.03 bits per heavy atom. The fourth-order valence-electron chi connectivity index (χ4n) is 7.19. The first-order chi connectivity index (χ1) is 15.0. The van der Waals surface area contributed by atoms with Crippen LogP contribution in [-0.2, 0) is 0 Å². The van der Waals surface area contributed by atoms with Gasteiger partial charge in [0.05, 0.1) is 0 Å². The van der Waals surface area contributed by atoms with Gasteiger partial charge in [-0.25, -0.2) is 0 Å². The van der Waals surface area contributed by atoms with Crippen molar-refractivity contribution in [2.75, 3.05) is 0 Å². The number of allylic oxidation sites excluding steroid dienone is 4. The third-order valence-electron chi connectivity index (χ3n) is 8.29. The van der Waals surface area contributed by atoms with E-state index in [0.717, 1.165) is 13.1 Å². The summed E-state index contributed by atoms with van der Waals surface area (Å²) in [6.07, 6.45) is 11.4. The molecule has 0 aromatic rings. The molecule has 0 fully saturated rings. The van der Waals surface area contributed by atoms with E-state index in [2.05, 4.69) is 85.4 Å². The van der Waals surface area contributed by atoms with Gasteiger partial charge in [-0.2, -0.15) is 0 Å². The van der Waals surface area contributed by atoms with Crippen LogP contribution in [0.1, 0.15) is 79.6 Å². The van der Waals surface area contributed by atoms with Gasteiger partial charge in [0.2, 0.25) is 0 Å². The second kappa shape index (κ2) is 11.2. The monoisotopic (exact) mass is 574 g/mol. The predicted molar refractivity (Wildman–Crippen MR) is 157 cm³/mol. The Bertz CT molecular complexity index is 858. The summed E-state index contributed by atoms with van der Waals surface area (Å²) in [6.45, 7) is 23.4. The number of hydrogen-bond acceptors (Lipinski definition) is 0. The SMILES string of the molecule is CCCCC#C[Si](C)(C)[C]1=C(CC)C2=[C]([Si](C)(C)C(CCCC)=C2B(CC)CC)[Sn]1([CH3])[CH3]. The van der Waals surface area contributed by atoms with E-state index in [1.165, 1.54) is 51.2 Å². The van der Waals surface area contributed by atoms with Crippen molar-refractivity contribution >= 4 is 41.2 Å². The fraction of sp³-hybridized carbons (Fsp3) is 0.714. The molecule has 0 amide bonds. The van der Waals surface area contributed by atoms with Gasteiger partial charge in [-0.3, -0.25) is 0 Å². The second-order valence-electron chi connectivity index (χ2n) is 11.7. The molecule has 2 rings (SSSR count). The van der Waals surface area contributed by atoms with Gasteiger partial charge in [0.1, 0.15) is 0 Å². The maximum absolute atomic E-state index is 3.95. The molecule has 0 unspecified atom stereocenters. The van der Waals surface area contributed by atoms with E-state index in [1.807, 2.05) is 25.0 Å². The van der Waals surface area contributed by atoms with Crippen LogP contribution in [0.2, 0.25) is 48.7 Å². The van der Waals surface area contributed by atoms with Crippen LogP contribution in [-0.4, -0.2) is 41.2 Å². The van der Waals surface area contributed by atoms with Crippen LogP contribution in [0.25, 0.3) is 0 Å². The van der Waals surface area contributed by atoms with Crippen molar-refractivity contribution in [3.05, 3.63) is 28.2 Å². The minimum absolute atomic E-state index is 0.754. The van der Waals surface area contributed by atoms with Crippen LogP contribution < -0.4 is 0 Å². The van der Waals surface area contributed by atoms with E-state index in [1.54, 1.807) is 0 Å². The number of unbranched alkanes of at least 4 members (excludes halogenated alkanes) is 3. The molecule has 0 radical (unpaired) electrons. The summed E-state index contributed by atoms with van der Waals surface area (Å²) in [7, 11) is -3.30. The molecule has 0 N–H and O–H groups in total. The Hall–Kier alpha value is 0.0774. The summed E-state index contributed by atoms with van der Waals surface area (Å²) in [5, 5.41) is 1.96. The van der Waals surface area contributed by atoms with Gasteiger partial charge in [0, 0.05) is 0 Å². The van der Waals surface area contributed by atoms with E-state index in [-0.39, 0.29) is 0 Å². The molecule has 0 saturated carbocycles. The molecule has 0 aromatic heterocycles. The van der Waals surface area contributed by atoms with Crippen molar-refractivity contribution in [1.29, 1.82) is 0 Å². The van der Waals surface area contributed by atoms with Gasteiger partial charge >= 0.3 is 209 Å². The Balaban J connectivity index is 2.78. The maximum atomic E-state index is 3.95. The Kier molecular flexibility index (Phi) is 9.92. The second-order valence-corrected chi connectivity index (χ2v) is 35.1. The van der Waals surface area contributed by atoms with E-state index >= 15 is 0 Å². The van der Waals surface area contributed by atoms with Crippen LogP contribution in [0.15, 0.2) is 28.2 Å². The van der Waals surface area contributed by atoms with Crippen molar-refractivity contribution in [2.45, 2.75) is 128 Å². The zero-order valence-corrected chi connectivity index (χ0v) is 28.3. The molecule has 32 heavy (non-hydrogen) atoms. The number of rotatable bonds is 10. The van der Waals surface area contributed by atoms with Crippen LogP contribution >= 0.6 is 0 Å². The Morgan fingerprint density at radius 2 is 1.53 bits per heavy atom. The minimum atomic E-state index is -2.63. The van der Waals surface area contributed by atoms with Crippen molar-refractivity contribution in [1.82, 2.24) is 0 Å². The molecule has 0 atom stereocenters. The van der Waals surface area contributed by atoms with Crippen molar-refractivity contribution < 1.29 is 0 Å². The Labute approximate surface area is 208 Å². The zero-order chi connectivity index (χ0) is 24.3. The van der Waals surface area contributed by atoms with Crippen molar-refractivity contribution in [3.63, 3.8) is 0 Å². The average Bonchev–Trinajstić information content (AvgIpc) is 3.11. The van der Waals surface area contributed by atoms with E-state index < -0.39 is 34.5 Å². The van der Waals surface area contributed by atoms with E-state index in [9.17, 15) is 0 Å². The van der Waals surface area contributed by atoms with Gasteiger partial charge < -0.3 is 0 Å². The molecule has 2 aliphatic heterocycles. The topological polar surface area (TPSA) is 0 Å². The third-order valence-corrected chi connectivity index (χ3v) is 42.0. The summed E-state index contributed by atoms with van der Waals surface area (Å²) in [4.78, 5) is 5.57. The van der Waals surface area contributed by atoms with Crippen LogP contribution in [0, 0.1) is 11.5 Å². The predicted octanol–water partition coefficient (Wildman–Crippen LogP) is 9.13. The zero-order valence-electron chi connectivity index (χ0n) is 23.4. The van der Waals surface area contributed by atoms with Gasteiger partial charge in [-0.1, -0.05) is 0 Å². The normalized spacial score (nSPS) is 19.5. The van der Waals surface area contributed by atoms with Crippen molar-refractivity contribution in [2.24, 2.45) is 0 Å². The molecule has 0 spiro atoms. The van der Waals surface area contributed by atoms with E-state index in [0.29, 0.717) is 0 Å².